The zero-order valence-electron chi connectivity index (χ0n) is 11.7. The van der Waals surface area contributed by atoms with Gasteiger partial charge in [-0.2, -0.15) is 11.8 Å². The van der Waals surface area contributed by atoms with E-state index in [2.05, 4.69) is 5.32 Å². The van der Waals surface area contributed by atoms with Gasteiger partial charge in [0.2, 0.25) is 0 Å². The maximum Gasteiger partial charge on any atom is 0.317 e. The molecule has 2 N–H and O–H groups in total. The first kappa shape index (κ1) is 17.1. The molecule has 0 aromatic heterocycles. The van der Waals surface area contributed by atoms with E-state index < -0.39 is 5.97 Å². The van der Waals surface area contributed by atoms with E-state index in [9.17, 15) is 9.59 Å². The van der Waals surface area contributed by atoms with Gasteiger partial charge < -0.3 is 15.3 Å². The van der Waals surface area contributed by atoms with Crippen LogP contribution in [0.2, 0.25) is 0 Å². The number of hydrogen-bond donors (Lipinski definition) is 2. The minimum atomic E-state index is -0.889. The van der Waals surface area contributed by atoms with Crippen LogP contribution in [-0.2, 0) is 4.79 Å². The Bertz CT molecular complexity index is 277. The number of carbonyl (C=O) groups excluding carboxylic acids is 1. The molecular weight excluding hydrogens is 252 g/mol. The monoisotopic (exact) mass is 276 g/mol. The fraction of sp³-hybridized carbons (Fsp3) is 0.833. The first-order valence-corrected chi connectivity index (χ1v) is 7.44. The molecular formula is C12H24N2O3S. The predicted molar refractivity (Wildman–Crippen MR) is 75.1 cm³/mol. The average molecular weight is 276 g/mol. The van der Waals surface area contributed by atoms with Crippen molar-refractivity contribution in [1.29, 1.82) is 0 Å². The van der Waals surface area contributed by atoms with Crippen molar-refractivity contribution >= 4 is 23.8 Å². The number of hydrogen-bond acceptors (Lipinski definition) is 3. The highest BCUT2D eigenvalue weighted by molar-refractivity contribution is 7.98. The maximum absolute atomic E-state index is 12.0. The van der Waals surface area contributed by atoms with Crippen molar-refractivity contribution in [2.45, 2.75) is 39.2 Å². The third-order valence-electron chi connectivity index (χ3n) is 2.41. The van der Waals surface area contributed by atoms with Crippen molar-refractivity contribution in [2.75, 3.05) is 25.1 Å². The number of nitrogens with zero attached hydrogens (tertiary/aromatic N) is 1. The lowest BCUT2D eigenvalue weighted by molar-refractivity contribution is -0.137. The quantitative estimate of drug-likeness (QED) is 0.698. The van der Waals surface area contributed by atoms with E-state index in [0.717, 1.165) is 12.2 Å². The molecule has 0 saturated carbocycles. The van der Waals surface area contributed by atoms with Crippen LogP contribution >= 0.6 is 11.8 Å². The molecule has 0 aromatic carbocycles. The Labute approximate surface area is 113 Å². The molecule has 0 aliphatic carbocycles. The molecule has 0 aromatic rings. The van der Waals surface area contributed by atoms with Crippen LogP contribution in [0.25, 0.3) is 0 Å². The van der Waals surface area contributed by atoms with Crippen molar-refractivity contribution < 1.29 is 14.7 Å². The van der Waals surface area contributed by atoms with Gasteiger partial charge in [-0.15, -0.1) is 0 Å². The summed E-state index contributed by atoms with van der Waals surface area (Å²) < 4.78 is 0. The number of amides is 2. The van der Waals surface area contributed by atoms with Gasteiger partial charge in [0.15, 0.2) is 0 Å². The molecule has 18 heavy (non-hydrogen) atoms. The fourth-order valence-electron chi connectivity index (χ4n) is 1.46. The minimum absolute atomic E-state index is 0.0322. The highest BCUT2D eigenvalue weighted by Crippen LogP contribution is 2.13. The molecule has 0 radical (unpaired) electrons. The largest absolute Gasteiger partial charge is 0.481 e. The summed E-state index contributed by atoms with van der Waals surface area (Å²) in [4.78, 5) is 24.1. The van der Waals surface area contributed by atoms with Crippen molar-refractivity contribution in [1.82, 2.24) is 10.2 Å². The second-order valence-corrected chi connectivity index (χ2v) is 6.03. The molecule has 0 aliphatic rings. The van der Waals surface area contributed by atoms with E-state index in [1.165, 1.54) is 0 Å². The standard InChI is InChI=1S/C12H24N2O3S/c1-12(2,3)14(8-6-10(15)16)11(17)13-7-5-9-18-4/h5-9H2,1-4H3,(H,13,17)(H,15,16). The van der Waals surface area contributed by atoms with Gasteiger partial charge in [-0.3, -0.25) is 4.79 Å². The summed E-state index contributed by atoms with van der Waals surface area (Å²) in [5.74, 6) is 0.115. The fourth-order valence-corrected chi connectivity index (χ4v) is 1.89. The lowest BCUT2D eigenvalue weighted by atomic mass is 10.1. The lowest BCUT2D eigenvalue weighted by Gasteiger charge is -2.35. The van der Waals surface area contributed by atoms with Crippen LogP contribution in [0.5, 0.6) is 0 Å². The summed E-state index contributed by atoms with van der Waals surface area (Å²) in [6.07, 6.45) is 2.91. The van der Waals surface area contributed by atoms with Crippen LogP contribution in [0.4, 0.5) is 4.79 Å². The zero-order chi connectivity index (χ0) is 14.2. The van der Waals surface area contributed by atoms with E-state index in [0.29, 0.717) is 6.54 Å². The predicted octanol–water partition coefficient (Wildman–Crippen LogP) is 2.02. The number of urea groups is 1. The summed E-state index contributed by atoms with van der Waals surface area (Å²) in [6.45, 7) is 6.55. The van der Waals surface area contributed by atoms with Gasteiger partial charge in [0, 0.05) is 18.6 Å². The van der Waals surface area contributed by atoms with Gasteiger partial charge >= 0.3 is 12.0 Å². The molecule has 0 unspecified atom stereocenters. The second-order valence-electron chi connectivity index (χ2n) is 5.04. The Morgan fingerprint density at radius 1 is 1.33 bits per heavy atom. The SMILES string of the molecule is CSCCCNC(=O)N(CCC(=O)O)C(C)(C)C. The van der Waals surface area contributed by atoms with Gasteiger partial charge in [-0.05, 0) is 39.2 Å². The van der Waals surface area contributed by atoms with Crippen molar-refractivity contribution in [3.8, 4) is 0 Å². The molecule has 2 amide bonds. The van der Waals surface area contributed by atoms with E-state index in [4.69, 9.17) is 5.11 Å². The van der Waals surface area contributed by atoms with Gasteiger partial charge in [0.25, 0.3) is 0 Å². The van der Waals surface area contributed by atoms with Crippen LogP contribution in [-0.4, -0.2) is 52.6 Å². The van der Waals surface area contributed by atoms with Crippen LogP contribution < -0.4 is 5.32 Å². The Morgan fingerprint density at radius 2 is 1.94 bits per heavy atom. The van der Waals surface area contributed by atoms with E-state index >= 15 is 0 Å². The number of thioether (sulfide) groups is 1. The first-order chi connectivity index (χ1) is 8.29. The number of carboxylic acid groups (broad SMARTS) is 1. The Morgan fingerprint density at radius 3 is 2.39 bits per heavy atom. The molecule has 0 atom stereocenters. The van der Waals surface area contributed by atoms with Crippen LogP contribution in [0.1, 0.15) is 33.6 Å². The van der Waals surface area contributed by atoms with Crippen LogP contribution in [0, 0.1) is 0 Å². The molecule has 0 spiro atoms. The van der Waals surface area contributed by atoms with Gasteiger partial charge in [0.1, 0.15) is 0 Å². The molecule has 5 nitrogen and oxygen atoms in total. The molecule has 0 rings (SSSR count). The number of aliphatic carboxylic acids is 1. The highest BCUT2D eigenvalue weighted by atomic mass is 32.2. The Hall–Kier alpha value is -0.910. The number of carbonyl (C=O) groups is 2. The second kappa shape index (κ2) is 8.24. The zero-order valence-corrected chi connectivity index (χ0v) is 12.5. The molecule has 0 aliphatic heterocycles. The van der Waals surface area contributed by atoms with Crippen LogP contribution in [0.3, 0.4) is 0 Å². The Kier molecular flexibility index (Phi) is 7.82. The molecule has 6 heteroatoms. The Balaban J connectivity index is 4.28. The number of rotatable bonds is 7. The third-order valence-corrected chi connectivity index (χ3v) is 3.10. The van der Waals surface area contributed by atoms with Crippen molar-refractivity contribution in [3.63, 3.8) is 0 Å². The van der Waals surface area contributed by atoms with E-state index in [1.54, 1.807) is 16.7 Å². The molecule has 0 bridgehead atoms. The summed E-state index contributed by atoms with van der Waals surface area (Å²) >= 11 is 1.74. The number of nitrogens with one attached hydrogen (secondary N) is 1. The average Bonchev–Trinajstić information content (AvgIpc) is 2.22. The molecule has 0 fully saturated rings. The first-order valence-electron chi connectivity index (χ1n) is 6.05. The summed E-state index contributed by atoms with van der Waals surface area (Å²) in [7, 11) is 0. The molecule has 0 saturated heterocycles. The van der Waals surface area contributed by atoms with Gasteiger partial charge in [-0.25, -0.2) is 4.79 Å². The van der Waals surface area contributed by atoms with Crippen LogP contribution in [0.15, 0.2) is 0 Å². The van der Waals surface area contributed by atoms with Crippen molar-refractivity contribution in [3.05, 3.63) is 0 Å². The van der Waals surface area contributed by atoms with E-state index in [-0.39, 0.29) is 24.5 Å². The highest BCUT2D eigenvalue weighted by Gasteiger charge is 2.26. The summed E-state index contributed by atoms with van der Waals surface area (Å²) in [5, 5.41) is 11.5. The molecule has 0 heterocycles. The maximum atomic E-state index is 12.0. The minimum Gasteiger partial charge on any atom is -0.481 e. The van der Waals surface area contributed by atoms with Gasteiger partial charge in [0.05, 0.1) is 6.42 Å². The lowest BCUT2D eigenvalue weighted by Crippen LogP contribution is -2.51. The van der Waals surface area contributed by atoms with Crippen molar-refractivity contribution in [2.24, 2.45) is 0 Å². The number of carboxylic acids is 1. The summed E-state index contributed by atoms with van der Waals surface area (Å²) in [5.41, 5.74) is -0.376. The smallest absolute Gasteiger partial charge is 0.317 e. The normalized spacial score (nSPS) is 11.1. The molecule has 106 valence electrons. The third kappa shape index (κ3) is 7.42. The topological polar surface area (TPSA) is 69.6 Å². The van der Waals surface area contributed by atoms with E-state index in [1.807, 2.05) is 27.0 Å². The summed E-state index contributed by atoms with van der Waals surface area (Å²) in [6, 6.07) is -0.190. The van der Waals surface area contributed by atoms with Gasteiger partial charge in [-0.1, -0.05) is 0 Å².